The molecule has 1 fully saturated rings. The largest absolute Gasteiger partial charge is 0.480 e. The summed E-state index contributed by atoms with van der Waals surface area (Å²) in [6, 6.07) is 3.65. The van der Waals surface area contributed by atoms with Gasteiger partial charge < -0.3 is 10.4 Å². The first-order valence-corrected chi connectivity index (χ1v) is 6.54. The fourth-order valence-electron chi connectivity index (χ4n) is 2.57. The molecular formula is C14H17N3O2. The first kappa shape index (κ1) is 13.3. The van der Waals surface area contributed by atoms with Crippen molar-refractivity contribution in [2.45, 2.75) is 44.1 Å². The predicted octanol–water partition coefficient (Wildman–Crippen LogP) is 2.54. The number of aromatic nitrogens is 1. The van der Waals surface area contributed by atoms with E-state index in [1.165, 1.54) is 12.4 Å². The van der Waals surface area contributed by atoms with Crippen LogP contribution >= 0.6 is 0 Å². The van der Waals surface area contributed by atoms with Gasteiger partial charge in [-0.1, -0.05) is 25.7 Å². The van der Waals surface area contributed by atoms with Gasteiger partial charge in [0.2, 0.25) is 0 Å². The van der Waals surface area contributed by atoms with Gasteiger partial charge in [0.1, 0.15) is 11.6 Å². The molecule has 1 saturated carbocycles. The van der Waals surface area contributed by atoms with Gasteiger partial charge in [0.25, 0.3) is 0 Å². The van der Waals surface area contributed by atoms with E-state index in [9.17, 15) is 9.90 Å². The third-order valence-corrected chi connectivity index (χ3v) is 3.68. The quantitative estimate of drug-likeness (QED) is 0.815. The highest BCUT2D eigenvalue weighted by Crippen LogP contribution is 2.31. The molecule has 0 amide bonds. The minimum absolute atomic E-state index is 0.430. The maximum atomic E-state index is 11.7. The summed E-state index contributed by atoms with van der Waals surface area (Å²) in [4.78, 5) is 15.6. The van der Waals surface area contributed by atoms with Crippen molar-refractivity contribution in [2.75, 3.05) is 5.32 Å². The predicted molar refractivity (Wildman–Crippen MR) is 70.6 cm³/mol. The zero-order valence-electron chi connectivity index (χ0n) is 10.7. The zero-order valence-corrected chi connectivity index (χ0v) is 10.7. The number of anilines is 1. The van der Waals surface area contributed by atoms with Crippen LogP contribution in [0.25, 0.3) is 0 Å². The van der Waals surface area contributed by atoms with E-state index in [4.69, 9.17) is 5.26 Å². The molecule has 0 atom stereocenters. The van der Waals surface area contributed by atoms with E-state index in [2.05, 4.69) is 16.4 Å². The van der Waals surface area contributed by atoms with Crippen LogP contribution in [0.3, 0.4) is 0 Å². The molecule has 0 saturated heterocycles. The Morgan fingerprint density at radius 1 is 1.37 bits per heavy atom. The molecule has 100 valence electrons. The fraction of sp³-hybridized carbons (Fsp3) is 0.500. The smallest absolute Gasteiger partial charge is 0.329 e. The third-order valence-electron chi connectivity index (χ3n) is 3.68. The Morgan fingerprint density at radius 3 is 2.63 bits per heavy atom. The Labute approximate surface area is 112 Å². The maximum Gasteiger partial charge on any atom is 0.329 e. The first-order chi connectivity index (χ1) is 9.18. The van der Waals surface area contributed by atoms with Crippen molar-refractivity contribution >= 4 is 11.7 Å². The van der Waals surface area contributed by atoms with E-state index in [-0.39, 0.29) is 0 Å². The van der Waals surface area contributed by atoms with Crippen molar-refractivity contribution in [1.29, 1.82) is 5.26 Å². The minimum atomic E-state index is -0.967. The van der Waals surface area contributed by atoms with Gasteiger partial charge in [0.05, 0.1) is 17.4 Å². The molecule has 5 heteroatoms. The highest BCUT2D eigenvalue weighted by Gasteiger charge is 2.39. The van der Waals surface area contributed by atoms with Crippen LogP contribution in [-0.2, 0) is 4.79 Å². The molecule has 0 unspecified atom stereocenters. The number of nitriles is 1. The molecule has 1 aliphatic rings. The number of nitrogens with zero attached hydrogens (tertiary/aromatic N) is 2. The van der Waals surface area contributed by atoms with Gasteiger partial charge in [-0.25, -0.2) is 4.79 Å². The number of carboxylic acid groups (broad SMARTS) is 1. The summed E-state index contributed by atoms with van der Waals surface area (Å²) in [5, 5.41) is 21.7. The normalized spacial score (nSPS) is 18.1. The van der Waals surface area contributed by atoms with Gasteiger partial charge in [-0.3, -0.25) is 4.98 Å². The minimum Gasteiger partial charge on any atom is -0.480 e. The summed E-state index contributed by atoms with van der Waals surface area (Å²) in [5.41, 5.74) is -0.0281. The van der Waals surface area contributed by atoms with E-state index < -0.39 is 11.5 Å². The molecule has 0 aromatic carbocycles. The van der Waals surface area contributed by atoms with Gasteiger partial charge in [0, 0.05) is 6.20 Å². The van der Waals surface area contributed by atoms with Crippen molar-refractivity contribution in [2.24, 2.45) is 0 Å². The molecule has 0 spiro atoms. The molecule has 0 radical (unpaired) electrons. The van der Waals surface area contributed by atoms with Gasteiger partial charge in [-0.2, -0.15) is 5.26 Å². The van der Waals surface area contributed by atoms with Gasteiger partial charge >= 0.3 is 5.97 Å². The topological polar surface area (TPSA) is 86.0 Å². The number of hydrogen-bond donors (Lipinski definition) is 2. The monoisotopic (exact) mass is 259 g/mol. The summed E-state index contributed by atoms with van der Waals surface area (Å²) >= 11 is 0. The molecule has 0 aliphatic heterocycles. The van der Waals surface area contributed by atoms with Crippen LogP contribution in [0, 0.1) is 11.3 Å². The van der Waals surface area contributed by atoms with Crippen LogP contribution in [0.4, 0.5) is 5.69 Å². The number of hydrogen-bond acceptors (Lipinski definition) is 4. The Kier molecular flexibility index (Phi) is 4.00. The molecule has 5 nitrogen and oxygen atoms in total. The molecule has 1 aromatic rings. The van der Waals surface area contributed by atoms with E-state index in [0.717, 1.165) is 25.7 Å². The van der Waals surface area contributed by atoms with Crippen LogP contribution in [0.15, 0.2) is 18.5 Å². The van der Waals surface area contributed by atoms with Crippen molar-refractivity contribution in [1.82, 2.24) is 4.98 Å². The van der Waals surface area contributed by atoms with Crippen LogP contribution in [0.2, 0.25) is 0 Å². The molecule has 2 rings (SSSR count). The number of aliphatic carboxylic acids is 1. The van der Waals surface area contributed by atoms with Gasteiger partial charge in [0.15, 0.2) is 0 Å². The standard InChI is InChI=1S/C14H17N3O2/c15-9-11-5-8-16-10-12(11)17-14(13(18)19)6-3-1-2-4-7-14/h5,8,10,17H,1-4,6-7H2,(H,18,19). The van der Waals surface area contributed by atoms with E-state index in [0.29, 0.717) is 24.1 Å². The Hall–Kier alpha value is -2.09. The second-order valence-electron chi connectivity index (χ2n) is 4.96. The third kappa shape index (κ3) is 2.84. The zero-order chi connectivity index (χ0) is 13.7. The van der Waals surface area contributed by atoms with Crippen molar-refractivity contribution < 1.29 is 9.90 Å². The highest BCUT2D eigenvalue weighted by molar-refractivity contribution is 5.83. The summed E-state index contributed by atoms with van der Waals surface area (Å²) in [6.07, 6.45) is 8.13. The molecule has 0 bridgehead atoms. The van der Waals surface area contributed by atoms with E-state index in [1.807, 2.05) is 0 Å². The van der Waals surface area contributed by atoms with Crippen LogP contribution in [-0.4, -0.2) is 21.6 Å². The lowest BCUT2D eigenvalue weighted by molar-refractivity contribution is -0.142. The van der Waals surface area contributed by atoms with Crippen molar-refractivity contribution in [3.05, 3.63) is 24.0 Å². The summed E-state index contributed by atoms with van der Waals surface area (Å²) in [7, 11) is 0. The van der Waals surface area contributed by atoms with Crippen molar-refractivity contribution in [3.63, 3.8) is 0 Å². The van der Waals surface area contributed by atoms with Gasteiger partial charge in [-0.05, 0) is 18.9 Å². The number of nitrogens with one attached hydrogen (secondary N) is 1. The fourth-order valence-corrected chi connectivity index (χ4v) is 2.57. The van der Waals surface area contributed by atoms with Crippen LogP contribution in [0.1, 0.15) is 44.1 Å². The second kappa shape index (κ2) is 5.70. The number of carboxylic acids is 1. The average Bonchev–Trinajstić information content (AvgIpc) is 2.66. The Balaban J connectivity index is 2.30. The summed E-state index contributed by atoms with van der Waals surface area (Å²) < 4.78 is 0. The molecular weight excluding hydrogens is 242 g/mol. The Morgan fingerprint density at radius 2 is 2.05 bits per heavy atom. The molecule has 19 heavy (non-hydrogen) atoms. The van der Waals surface area contributed by atoms with E-state index in [1.54, 1.807) is 6.07 Å². The summed E-state index contributed by atoms with van der Waals surface area (Å²) in [6.45, 7) is 0. The lowest BCUT2D eigenvalue weighted by atomic mass is 9.89. The maximum absolute atomic E-state index is 11.7. The first-order valence-electron chi connectivity index (χ1n) is 6.54. The second-order valence-corrected chi connectivity index (χ2v) is 4.96. The van der Waals surface area contributed by atoms with Crippen molar-refractivity contribution in [3.8, 4) is 6.07 Å². The van der Waals surface area contributed by atoms with Crippen LogP contribution < -0.4 is 5.32 Å². The molecule has 1 aromatic heterocycles. The number of pyridine rings is 1. The van der Waals surface area contributed by atoms with Gasteiger partial charge in [-0.15, -0.1) is 0 Å². The highest BCUT2D eigenvalue weighted by atomic mass is 16.4. The lowest BCUT2D eigenvalue weighted by Crippen LogP contribution is -2.46. The number of rotatable bonds is 3. The number of carbonyl (C=O) groups is 1. The van der Waals surface area contributed by atoms with E-state index >= 15 is 0 Å². The average molecular weight is 259 g/mol. The van der Waals surface area contributed by atoms with Crippen LogP contribution in [0.5, 0.6) is 0 Å². The molecule has 1 aliphatic carbocycles. The SMILES string of the molecule is N#Cc1ccncc1NC1(C(=O)O)CCCCCC1. The molecule has 1 heterocycles. The molecule has 2 N–H and O–H groups in total. The lowest BCUT2D eigenvalue weighted by Gasteiger charge is -2.30. The Bertz CT molecular complexity index is 500. The summed E-state index contributed by atoms with van der Waals surface area (Å²) in [5.74, 6) is -0.845.